The summed E-state index contributed by atoms with van der Waals surface area (Å²) in [6, 6.07) is 3.52. The summed E-state index contributed by atoms with van der Waals surface area (Å²) in [6.07, 6.45) is 0.904. The van der Waals surface area contributed by atoms with Gasteiger partial charge in [0.25, 0.3) is 0 Å². The molecule has 0 aliphatic heterocycles. The van der Waals surface area contributed by atoms with Crippen LogP contribution in [0.15, 0.2) is 16.5 Å². The molecule has 0 atom stereocenters. The van der Waals surface area contributed by atoms with Crippen LogP contribution in [0.25, 0.3) is 11.0 Å². The standard InChI is InChI=1S/C13H15Cl2NO/c1-7(2)3-9-12(6-16)17-11-5-8(14)4-10(15)13(9)11/h4-5,7H,3,6,16H2,1-2H3. The van der Waals surface area contributed by atoms with Gasteiger partial charge in [-0.15, -0.1) is 0 Å². The number of benzene rings is 1. The minimum absolute atomic E-state index is 0.380. The quantitative estimate of drug-likeness (QED) is 0.899. The van der Waals surface area contributed by atoms with Gasteiger partial charge in [0.15, 0.2) is 0 Å². The first-order valence-corrected chi connectivity index (χ1v) is 6.38. The molecule has 1 heterocycles. The van der Waals surface area contributed by atoms with Crippen molar-refractivity contribution in [1.82, 2.24) is 0 Å². The summed E-state index contributed by atoms with van der Waals surface area (Å²) in [4.78, 5) is 0. The zero-order valence-corrected chi connectivity index (χ0v) is 11.4. The Morgan fingerprint density at radius 1 is 1.29 bits per heavy atom. The highest BCUT2D eigenvalue weighted by atomic mass is 35.5. The van der Waals surface area contributed by atoms with Crippen molar-refractivity contribution < 1.29 is 4.42 Å². The molecular formula is C13H15Cl2NO. The molecule has 0 bridgehead atoms. The number of rotatable bonds is 3. The first kappa shape index (κ1) is 12.7. The molecule has 2 N–H and O–H groups in total. The molecule has 92 valence electrons. The number of furan rings is 1. The van der Waals surface area contributed by atoms with Crippen molar-refractivity contribution in [2.75, 3.05) is 0 Å². The van der Waals surface area contributed by atoms with Crippen LogP contribution in [0.3, 0.4) is 0 Å². The van der Waals surface area contributed by atoms with Crippen molar-refractivity contribution >= 4 is 34.2 Å². The minimum atomic E-state index is 0.380. The molecule has 0 unspecified atom stereocenters. The molecule has 4 heteroatoms. The Kier molecular flexibility index (Phi) is 3.67. The third-order valence-corrected chi connectivity index (χ3v) is 3.20. The van der Waals surface area contributed by atoms with E-state index in [-0.39, 0.29) is 0 Å². The van der Waals surface area contributed by atoms with E-state index in [1.54, 1.807) is 12.1 Å². The predicted molar refractivity (Wildman–Crippen MR) is 72.7 cm³/mol. The van der Waals surface area contributed by atoms with Crippen LogP contribution in [-0.4, -0.2) is 0 Å². The van der Waals surface area contributed by atoms with E-state index in [9.17, 15) is 0 Å². The van der Waals surface area contributed by atoms with E-state index in [4.69, 9.17) is 33.4 Å². The van der Waals surface area contributed by atoms with Gasteiger partial charge in [-0.25, -0.2) is 0 Å². The smallest absolute Gasteiger partial charge is 0.137 e. The molecule has 1 aromatic carbocycles. The number of fused-ring (bicyclic) bond motifs is 1. The summed E-state index contributed by atoms with van der Waals surface area (Å²) >= 11 is 12.2. The molecule has 2 rings (SSSR count). The fraction of sp³-hybridized carbons (Fsp3) is 0.385. The third-order valence-electron chi connectivity index (χ3n) is 2.69. The lowest BCUT2D eigenvalue weighted by atomic mass is 10.00. The van der Waals surface area contributed by atoms with Crippen LogP contribution in [0.5, 0.6) is 0 Å². The molecule has 0 radical (unpaired) electrons. The van der Waals surface area contributed by atoms with Crippen LogP contribution in [0.2, 0.25) is 10.0 Å². The van der Waals surface area contributed by atoms with Crippen molar-refractivity contribution in [3.8, 4) is 0 Å². The number of nitrogens with two attached hydrogens (primary N) is 1. The molecular weight excluding hydrogens is 257 g/mol. The van der Waals surface area contributed by atoms with E-state index in [1.165, 1.54) is 0 Å². The molecule has 0 fully saturated rings. The average molecular weight is 272 g/mol. The van der Waals surface area contributed by atoms with E-state index >= 15 is 0 Å². The highest BCUT2D eigenvalue weighted by Gasteiger charge is 2.17. The van der Waals surface area contributed by atoms with Crippen molar-refractivity contribution in [3.63, 3.8) is 0 Å². The second-order valence-electron chi connectivity index (χ2n) is 4.57. The van der Waals surface area contributed by atoms with E-state index in [1.807, 2.05) is 0 Å². The Morgan fingerprint density at radius 3 is 2.59 bits per heavy atom. The van der Waals surface area contributed by atoms with Gasteiger partial charge in [-0.1, -0.05) is 37.0 Å². The maximum absolute atomic E-state index is 6.24. The van der Waals surface area contributed by atoms with Crippen LogP contribution in [-0.2, 0) is 13.0 Å². The highest BCUT2D eigenvalue weighted by Crippen LogP contribution is 2.35. The fourth-order valence-electron chi connectivity index (χ4n) is 2.05. The van der Waals surface area contributed by atoms with E-state index < -0.39 is 0 Å². The minimum Gasteiger partial charge on any atom is -0.459 e. The zero-order chi connectivity index (χ0) is 12.6. The highest BCUT2D eigenvalue weighted by molar-refractivity contribution is 6.38. The van der Waals surface area contributed by atoms with Gasteiger partial charge in [-0.3, -0.25) is 0 Å². The van der Waals surface area contributed by atoms with Crippen molar-refractivity contribution in [3.05, 3.63) is 33.5 Å². The average Bonchev–Trinajstić information content (AvgIpc) is 2.55. The summed E-state index contributed by atoms with van der Waals surface area (Å²) in [6.45, 7) is 4.69. The van der Waals surface area contributed by atoms with Crippen molar-refractivity contribution in [2.24, 2.45) is 11.7 Å². The molecule has 2 aromatic rings. The first-order valence-electron chi connectivity index (χ1n) is 5.62. The molecule has 0 saturated heterocycles. The lowest BCUT2D eigenvalue weighted by Gasteiger charge is -2.05. The van der Waals surface area contributed by atoms with Gasteiger partial charge in [0.1, 0.15) is 11.3 Å². The van der Waals surface area contributed by atoms with Crippen LogP contribution >= 0.6 is 23.2 Å². The molecule has 0 aliphatic rings. The van der Waals surface area contributed by atoms with Gasteiger partial charge >= 0.3 is 0 Å². The molecule has 1 aromatic heterocycles. The van der Waals surface area contributed by atoms with Crippen LogP contribution in [0.4, 0.5) is 0 Å². The Morgan fingerprint density at radius 2 is 2.00 bits per heavy atom. The predicted octanol–water partition coefficient (Wildman–Crippen LogP) is 4.40. The number of hydrogen-bond acceptors (Lipinski definition) is 2. The SMILES string of the molecule is CC(C)Cc1c(CN)oc2cc(Cl)cc(Cl)c12. The Balaban J connectivity index is 2.69. The normalized spacial score (nSPS) is 11.6. The van der Waals surface area contributed by atoms with Gasteiger partial charge in [-0.05, 0) is 18.4 Å². The molecule has 0 amide bonds. The zero-order valence-electron chi connectivity index (χ0n) is 9.89. The van der Waals surface area contributed by atoms with Crippen molar-refractivity contribution in [2.45, 2.75) is 26.8 Å². The monoisotopic (exact) mass is 271 g/mol. The second kappa shape index (κ2) is 4.89. The third kappa shape index (κ3) is 2.44. The molecule has 2 nitrogen and oxygen atoms in total. The van der Waals surface area contributed by atoms with Gasteiger partial charge in [0, 0.05) is 22.0 Å². The molecule has 17 heavy (non-hydrogen) atoms. The van der Waals surface area contributed by atoms with E-state index in [2.05, 4.69) is 13.8 Å². The maximum Gasteiger partial charge on any atom is 0.137 e. The van der Waals surface area contributed by atoms with Gasteiger partial charge in [0.05, 0.1) is 11.6 Å². The van der Waals surface area contributed by atoms with Crippen molar-refractivity contribution in [1.29, 1.82) is 0 Å². The Labute approximate surface area is 111 Å². The van der Waals surface area contributed by atoms with Crippen LogP contribution < -0.4 is 5.73 Å². The van der Waals surface area contributed by atoms with E-state index in [0.717, 1.165) is 28.7 Å². The summed E-state index contributed by atoms with van der Waals surface area (Å²) in [7, 11) is 0. The lowest BCUT2D eigenvalue weighted by molar-refractivity contribution is 0.535. The number of hydrogen-bond donors (Lipinski definition) is 1. The largest absolute Gasteiger partial charge is 0.459 e. The Hall–Kier alpha value is -0.700. The summed E-state index contributed by atoms with van der Waals surface area (Å²) in [5, 5.41) is 2.16. The molecule has 0 spiro atoms. The van der Waals surface area contributed by atoms with E-state index in [0.29, 0.717) is 22.5 Å². The summed E-state index contributed by atoms with van der Waals surface area (Å²) in [5.74, 6) is 1.32. The molecule has 0 saturated carbocycles. The topological polar surface area (TPSA) is 39.2 Å². The molecule has 0 aliphatic carbocycles. The van der Waals surface area contributed by atoms with Gasteiger partial charge in [0.2, 0.25) is 0 Å². The van der Waals surface area contributed by atoms with Crippen LogP contribution in [0, 0.1) is 5.92 Å². The summed E-state index contributed by atoms with van der Waals surface area (Å²) < 4.78 is 5.72. The van der Waals surface area contributed by atoms with Crippen LogP contribution in [0.1, 0.15) is 25.2 Å². The van der Waals surface area contributed by atoms with Gasteiger partial charge in [-0.2, -0.15) is 0 Å². The first-order chi connectivity index (χ1) is 8.02. The van der Waals surface area contributed by atoms with Gasteiger partial charge < -0.3 is 10.2 Å². The lowest BCUT2D eigenvalue weighted by Crippen LogP contribution is -2.01. The maximum atomic E-state index is 6.24. The second-order valence-corrected chi connectivity index (χ2v) is 5.41. The number of halogens is 2. The fourth-order valence-corrected chi connectivity index (χ4v) is 2.63. The summed E-state index contributed by atoms with van der Waals surface area (Å²) in [5.41, 5.74) is 7.54. The Bertz CT molecular complexity index is 546.